The molecule has 0 aromatic carbocycles. The maximum atomic E-state index is 13.2. The molecule has 1 N–H and O–H groups in total. The molecular formula is C22H25NO5. The number of esters is 1. The molecule has 3 aliphatic rings. The Labute approximate surface area is 164 Å². The van der Waals surface area contributed by atoms with Gasteiger partial charge in [0, 0.05) is 29.5 Å². The molecule has 28 heavy (non-hydrogen) atoms. The second-order valence-electron chi connectivity index (χ2n) is 7.24. The highest BCUT2D eigenvalue weighted by molar-refractivity contribution is 6.24. The Morgan fingerprint density at radius 3 is 2.68 bits per heavy atom. The number of Topliss-reactive ketones (excluding diaryl/α,β-unsaturated/α-hetero) is 2. The minimum Gasteiger partial charge on any atom is -0.442 e. The average molecular weight is 383 g/mol. The molecule has 3 rings (SSSR count). The zero-order chi connectivity index (χ0) is 20.5. The number of nitrogens with zero attached hydrogens (tertiary/aromatic N) is 1. The Balaban J connectivity index is 2.10. The number of fused-ring (bicyclic) bond motifs is 2. The van der Waals surface area contributed by atoms with E-state index in [0.29, 0.717) is 28.8 Å². The number of ether oxygens (including phenoxy) is 1. The topological polar surface area (TPSA) is 83.9 Å². The number of ketones is 2. The summed E-state index contributed by atoms with van der Waals surface area (Å²) >= 11 is 0. The van der Waals surface area contributed by atoms with Gasteiger partial charge in [0.1, 0.15) is 12.3 Å². The van der Waals surface area contributed by atoms with Gasteiger partial charge in [-0.3, -0.25) is 9.59 Å². The molecular weight excluding hydrogens is 358 g/mol. The largest absolute Gasteiger partial charge is 0.442 e. The molecule has 6 nitrogen and oxygen atoms in total. The lowest BCUT2D eigenvalue weighted by Crippen LogP contribution is -2.42. The number of rotatable bonds is 7. The summed E-state index contributed by atoms with van der Waals surface area (Å²) in [5.41, 5.74) is 0.482. The van der Waals surface area contributed by atoms with Crippen molar-refractivity contribution in [3.8, 4) is 0 Å². The van der Waals surface area contributed by atoms with Gasteiger partial charge in [0.05, 0.1) is 0 Å². The molecule has 1 atom stereocenters. The third-order valence-electron chi connectivity index (χ3n) is 5.27. The second kappa shape index (κ2) is 7.72. The number of carbonyl (C=O) groups is 3. The zero-order valence-electron chi connectivity index (χ0n) is 16.4. The van der Waals surface area contributed by atoms with E-state index in [1.165, 1.54) is 11.8 Å². The molecule has 1 aliphatic carbocycles. The first-order valence-electron chi connectivity index (χ1n) is 9.59. The van der Waals surface area contributed by atoms with Crippen LogP contribution in [0.15, 0.2) is 58.5 Å². The SMILES string of the molecule is C/C=C/C1=CC2=CC3=C(C(=O)CCCCC)C(=O)O[C@]3(C)C(=O)C2=CN1CO. The Morgan fingerprint density at radius 2 is 2.04 bits per heavy atom. The summed E-state index contributed by atoms with van der Waals surface area (Å²) in [7, 11) is 0. The monoisotopic (exact) mass is 383 g/mol. The van der Waals surface area contributed by atoms with E-state index in [9.17, 15) is 19.5 Å². The van der Waals surface area contributed by atoms with Crippen LogP contribution in [0.1, 0.15) is 46.5 Å². The van der Waals surface area contributed by atoms with Crippen LogP contribution < -0.4 is 0 Å². The Morgan fingerprint density at radius 1 is 1.29 bits per heavy atom. The van der Waals surface area contributed by atoms with E-state index in [-0.39, 0.29) is 30.3 Å². The van der Waals surface area contributed by atoms with Gasteiger partial charge in [-0.15, -0.1) is 0 Å². The molecule has 6 heteroatoms. The van der Waals surface area contributed by atoms with Crippen molar-refractivity contribution in [3.05, 3.63) is 58.5 Å². The molecule has 0 spiro atoms. The predicted octanol–water partition coefficient (Wildman–Crippen LogP) is 2.87. The number of aliphatic hydroxyl groups excluding tert-OH is 1. The van der Waals surface area contributed by atoms with Crippen LogP contribution in [0, 0.1) is 0 Å². The van der Waals surface area contributed by atoms with Crippen LogP contribution in [-0.4, -0.2) is 39.9 Å². The summed E-state index contributed by atoms with van der Waals surface area (Å²) in [5, 5.41) is 9.61. The van der Waals surface area contributed by atoms with Crippen LogP contribution >= 0.6 is 0 Å². The molecule has 2 heterocycles. The third kappa shape index (κ3) is 3.18. The van der Waals surface area contributed by atoms with Crippen LogP contribution in [0.5, 0.6) is 0 Å². The maximum absolute atomic E-state index is 13.2. The quantitative estimate of drug-likeness (QED) is 0.413. The van der Waals surface area contributed by atoms with Crippen molar-refractivity contribution < 1.29 is 24.2 Å². The molecule has 0 aromatic rings. The smallest absolute Gasteiger partial charge is 0.343 e. The Bertz CT molecular complexity index is 887. The fraction of sp³-hybridized carbons (Fsp3) is 0.409. The summed E-state index contributed by atoms with van der Waals surface area (Å²) in [5.74, 6) is -1.40. The van der Waals surface area contributed by atoms with Crippen molar-refractivity contribution in [2.24, 2.45) is 0 Å². The summed E-state index contributed by atoms with van der Waals surface area (Å²) in [6, 6.07) is 0. The van der Waals surface area contributed by atoms with Gasteiger partial charge in [-0.25, -0.2) is 4.79 Å². The van der Waals surface area contributed by atoms with E-state index >= 15 is 0 Å². The highest BCUT2D eigenvalue weighted by atomic mass is 16.6. The predicted molar refractivity (Wildman–Crippen MR) is 104 cm³/mol. The van der Waals surface area contributed by atoms with Crippen LogP contribution in [0.4, 0.5) is 0 Å². The highest BCUT2D eigenvalue weighted by Crippen LogP contribution is 2.44. The minimum absolute atomic E-state index is 0.0101. The summed E-state index contributed by atoms with van der Waals surface area (Å²) in [4.78, 5) is 39.9. The molecule has 0 saturated heterocycles. The van der Waals surface area contributed by atoms with Crippen molar-refractivity contribution >= 4 is 17.5 Å². The van der Waals surface area contributed by atoms with Crippen LogP contribution in [0.3, 0.4) is 0 Å². The molecule has 2 aliphatic heterocycles. The van der Waals surface area contributed by atoms with Crippen LogP contribution in [-0.2, 0) is 19.1 Å². The van der Waals surface area contributed by atoms with E-state index < -0.39 is 11.6 Å². The highest BCUT2D eigenvalue weighted by Gasteiger charge is 2.54. The first kappa shape index (κ1) is 20.0. The number of allylic oxidation sites excluding steroid dienone is 4. The first-order chi connectivity index (χ1) is 13.4. The fourth-order valence-corrected chi connectivity index (χ4v) is 3.73. The molecule has 0 radical (unpaired) electrons. The molecule has 0 saturated carbocycles. The molecule has 0 bridgehead atoms. The fourth-order valence-electron chi connectivity index (χ4n) is 3.73. The van der Waals surface area contributed by atoms with Gasteiger partial charge in [0.15, 0.2) is 11.4 Å². The van der Waals surface area contributed by atoms with E-state index in [0.717, 1.165) is 12.8 Å². The van der Waals surface area contributed by atoms with Crippen molar-refractivity contribution in [1.29, 1.82) is 0 Å². The van der Waals surface area contributed by atoms with E-state index in [1.807, 2.05) is 26.0 Å². The molecule has 0 unspecified atom stereocenters. The van der Waals surface area contributed by atoms with Crippen LogP contribution in [0.25, 0.3) is 0 Å². The van der Waals surface area contributed by atoms with Gasteiger partial charge in [0.25, 0.3) is 0 Å². The lowest BCUT2D eigenvalue weighted by atomic mass is 9.76. The standard InChI is InChI=1S/C22H25NO5/c1-4-6-7-9-18(25)19-17-11-14-10-15(8-5-2)23(13-24)12-16(14)20(26)22(17,3)28-21(19)27/h5,8,10-12,24H,4,6-7,9,13H2,1-3H3/b8-5+/t22-/m0/s1. The van der Waals surface area contributed by atoms with Crippen LogP contribution in [0.2, 0.25) is 0 Å². The first-order valence-corrected chi connectivity index (χ1v) is 9.59. The second-order valence-corrected chi connectivity index (χ2v) is 7.24. The van der Waals surface area contributed by atoms with Crippen molar-refractivity contribution in [1.82, 2.24) is 4.90 Å². The number of carbonyl (C=O) groups excluding carboxylic acids is 3. The van der Waals surface area contributed by atoms with E-state index in [2.05, 4.69) is 0 Å². The third-order valence-corrected chi connectivity index (χ3v) is 5.27. The van der Waals surface area contributed by atoms with Crippen molar-refractivity contribution in [3.63, 3.8) is 0 Å². The lowest BCUT2D eigenvalue weighted by molar-refractivity contribution is -0.153. The number of unbranched alkanes of at least 4 members (excludes halogenated alkanes) is 2. The van der Waals surface area contributed by atoms with Gasteiger partial charge in [-0.05, 0) is 44.1 Å². The zero-order valence-corrected chi connectivity index (χ0v) is 16.4. The summed E-state index contributed by atoms with van der Waals surface area (Å²) < 4.78 is 5.41. The maximum Gasteiger partial charge on any atom is 0.343 e. The van der Waals surface area contributed by atoms with Gasteiger partial charge < -0.3 is 14.7 Å². The number of aliphatic hydroxyl groups is 1. The summed E-state index contributed by atoms with van der Waals surface area (Å²) in [6.07, 6.45) is 11.5. The Kier molecular flexibility index (Phi) is 5.52. The molecule has 0 amide bonds. The average Bonchev–Trinajstić information content (AvgIpc) is 2.93. The number of hydrogen-bond donors (Lipinski definition) is 1. The van der Waals surface area contributed by atoms with Crippen molar-refractivity contribution in [2.75, 3.05) is 6.73 Å². The van der Waals surface area contributed by atoms with Gasteiger partial charge in [0.2, 0.25) is 5.78 Å². The molecule has 0 aromatic heterocycles. The molecule has 0 fully saturated rings. The van der Waals surface area contributed by atoms with E-state index in [4.69, 9.17) is 4.74 Å². The minimum atomic E-state index is -1.50. The van der Waals surface area contributed by atoms with E-state index in [1.54, 1.807) is 18.4 Å². The summed E-state index contributed by atoms with van der Waals surface area (Å²) in [6.45, 7) is 5.13. The molecule has 148 valence electrons. The number of hydrogen-bond acceptors (Lipinski definition) is 6. The van der Waals surface area contributed by atoms with Crippen molar-refractivity contribution in [2.45, 2.75) is 52.1 Å². The van der Waals surface area contributed by atoms with Gasteiger partial charge in [-0.2, -0.15) is 0 Å². The Hall–Kier alpha value is -2.73. The lowest BCUT2D eigenvalue weighted by Gasteiger charge is -2.33. The van der Waals surface area contributed by atoms with Gasteiger partial charge >= 0.3 is 5.97 Å². The van der Waals surface area contributed by atoms with Gasteiger partial charge in [-0.1, -0.05) is 25.8 Å². The normalized spacial score (nSPS) is 24.0.